The summed E-state index contributed by atoms with van der Waals surface area (Å²) in [6, 6.07) is 5.36. The van der Waals surface area contributed by atoms with Gasteiger partial charge in [0.1, 0.15) is 12.6 Å². The van der Waals surface area contributed by atoms with E-state index in [1.165, 1.54) is 0 Å². The maximum atomic E-state index is 14.1. The molecule has 0 fully saturated rings. The molecule has 1 unspecified atom stereocenters. The number of carbonyl (C=O) groups excluding carboxylic acids is 5. The summed E-state index contributed by atoms with van der Waals surface area (Å²) in [6.07, 6.45) is 2.61. The molecule has 48 heavy (non-hydrogen) atoms. The van der Waals surface area contributed by atoms with Gasteiger partial charge in [0.25, 0.3) is 0 Å². The van der Waals surface area contributed by atoms with E-state index in [2.05, 4.69) is 10.6 Å². The summed E-state index contributed by atoms with van der Waals surface area (Å²) >= 11 is 0. The summed E-state index contributed by atoms with van der Waals surface area (Å²) in [7, 11) is 0. The van der Waals surface area contributed by atoms with Gasteiger partial charge in [-0.05, 0) is 29.4 Å². The number of amides is 3. The Bertz CT molecular complexity index is 1550. The van der Waals surface area contributed by atoms with Gasteiger partial charge < -0.3 is 25.0 Å². The molecule has 0 aliphatic carbocycles. The van der Waals surface area contributed by atoms with Crippen molar-refractivity contribution in [2.45, 2.75) is 58.9 Å². The first-order valence-electron chi connectivity index (χ1n) is 15.3. The number of hydrogen-bond acceptors (Lipinski definition) is 7. The van der Waals surface area contributed by atoms with Crippen LogP contribution in [0.15, 0.2) is 42.5 Å². The van der Waals surface area contributed by atoms with Crippen molar-refractivity contribution in [1.82, 2.24) is 10.2 Å². The number of benzene rings is 2. The molecule has 1 aliphatic heterocycles. The molecule has 0 saturated heterocycles. The molecule has 0 spiro atoms. The quantitative estimate of drug-likeness (QED) is 0.117. The zero-order valence-corrected chi connectivity index (χ0v) is 27.3. The van der Waals surface area contributed by atoms with Gasteiger partial charge in [-0.1, -0.05) is 65.0 Å². The van der Waals surface area contributed by atoms with Crippen molar-refractivity contribution >= 4 is 35.2 Å². The minimum absolute atomic E-state index is 0.00400. The maximum absolute atomic E-state index is 14.1. The highest BCUT2D eigenvalue weighted by molar-refractivity contribution is 6.39. The van der Waals surface area contributed by atoms with Gasteiger partial charge in [0.2, 0.25) is 17.5 Å². The van der Waals surface area contributed by atoms with Crippen molar-refractivity contribution in [2.75, 3.05) is 31.6 Å². The summed E-state index contributed by atoms with van der Waals surface area (Å²) in [5.74, 6) is -14.4. The van der Waals surface area contributed by atoms with E-state index >= 15 is 0 Å². The van der Waals surface area contributed by atoms with E-state index in [0.717, 1.165) is 10.5 Å². The molecule has 3 rings (SSSR count). The van der Waals surface area contributed by atoms with Crippen LogP contribution in [0.4, 0.5) is 23.2 Å². The number of hydrogen-bond donors (Lipinski definition) is 2. The molecule has 2 aromatic carbocycles. The molecule has 10 nitrogen and oxygen atoms in total. The van der Waals surface area contributed by atoms with Gasteiger partial charge in [0, 0.05) is 24.8 Å². The third kappa shape index (κ3) is 10.1. The predicted molar refractivity (Wildman–Crippen MR) is 167 cm³/mol. The van der Waals surface area contributed by atoms with Crippen LogP contribution in [0.25, 0.3) is 0 Å². The predicted octanol–water partition coefficient (Wildman–Crippen LogP) is 4.61. The Morgan fingerprint density at radius 2 is 1.62 bits per heavy atom. The molecular weight excluding hydrogens is 638 g/mol. The normalized spacial score (nSPS) is 15.4. The first kappa shape index (κ1) is 37.7. The zero-order chi connectivity index (χ0) is 35.8. The fraction of sp³-hybridized carbons (Fsp3) is 0.441. The van der Waals surface area contributed by atoms with E-state index in [-0.39, 0.29) is 43.5 Å². The number of esters is 1. The summed E-state index contributed by atoms with van der Waals surface area (Å²) in [4.78, 5) is 66.4. The molecule has 1 heterocycles. The molecule has 2 atom stereocenters. The van der Waals surface area contributed by atoms with Crippen LogP contribution in [0, 0.1) is 35.1 Å². The maximum Gasteiger partial charge on any atom is 0.313 e. The number of rotatable bonds is 11. The highest BCUT2D eigenvalue weighted by Gasteiger charge is 2.33. The van der Waals surface area contributed by atoms with Crippen molar-refractivity contribution < 1.29 is 51.0 Å². The zero-order valence-electron chi connectivity index (χ0n) is 27.3. The number of nitrogens with one attached hydrogen (secondary N) is 2. The lowest BCUT2D eigenvalue weighted by molar-refractivity contribution is -0.147. The van der Waals surface area contributed by atoms with E-state index < -0.39 is 83.5 Å². The van der Waals surface area contributed by atoms with Gasteiger partial charge in [-0.25, -0.2) is 8.78 Å². The monoisotopic (exact) mass is 677 g/mol. The average Bonchev–Trinajstić information content (AvgIpc) is 3.28. The highest BCUT2D eigenvalue weighted by atomic mass is 19.2. The molecular formula is C34H39F4N3O7. The van der Waals surface area contributed by atoms with E-state index in [0.29, 0.717) is 5.69 Å². The number of ketones is 1. The van der Waals surface area contributed by atoms with E-state index in [9.17, 15) is 41.5 Å². The van der Waals surface area contributed by atoms with Gasteiger partial charge in [-0.2, -0.15) is 8.78 Å². The Morgan fingerprint density at radius 3 is 2.25 bits per heavy atom. The van der Waals surface area contributed by atoms with Crippen molar-refractivity contribution in [3.8, 4) is 5.75 Å². The van der Waals surface area contributed by atoms with Crippen molar-refractivity contribution in [1.29, 1.82) is 0 Å². The van der Waals surface area contributed by atoms with Crippen molar-refractivity contribution in [3.05, 3.63) is 71.3 Å². The lowest BCUT2D eigenvalue weighted by Gasteiger charge is -2.26. The molecule has 260 valence electrons. The second kappa shape index (κ2) is 16.4. The molecule has 3 amide bonds. The van der Waals surface area contributed by atoms with Crippen LogP contribution < -0.4 is 15.4 Å². The standard InChI is InChI=1S/C34H39F4N3O7/c1-19(2)17-47-27(43)15-25(26(42)18-48-30-28(37)22(35)14-23(36)29(30)38)40-31(44)20-10-8-9-13-41(16-20)33(46)32(45)39-24-12-7-6-11-21(24)34(3,4)5/h6-9,11-12,14,19-20,25H,10,13,15-18H2,1-5H3,(H,39,45)(H,40,44)/t20?,25-/m0/s1. The fourth-order valence-corrected chi connectivity index (χ4v) is 4.74. The van der Waals surface area contributed by atoms with Crippen LogP contribution in [-0.2, 0) is 34.1 Å². The van der Waals surface area contributed by atoms with Gasteiger partial charge in [-0.15, -0.1) is 0 Å². The number of Topliss-reactive ketones (excluding diaryl/α,β-unsaturated/α-hetero) is 1. The SMILES string of the molecule is CC(C)COC(=O)C[C@H](NC(=O)C1CC=CCN(C(=O)C(=O)Nc2ccccc2C(C)(C)C)C1)C(=O)COc1c(F)c(F)cc(F)c1F. The Labute approximate surface area is 275 Å². The first-order valence-corrected chi connectivity index (χ1v) is 15.3. The van der Waals surface area contributed by atoms with Crippen LogP contribution in [-0.4, -0.2) is 66.7 Å². The number of ether oxygens (including phenoxy) is 2. The average molecular weight is 678 g/mol. The lowest BCUT2D eigenvalue weighted by Crippen LogP contribution is -2.49. The van der Waals surface area contributed by atoms with Gasteiger partial charge >= 0.3 is 17.8 Å². The second-order valence-corrected chi connectivity index (χ2v) is 12.8. The molecule has 0 radical (unpaired) electrons. The first-order chi connectivity index (χ1) is 22.5. The van der Waals surface area contributed by atoms with Gasteiger partial charge in [0.15, 0.2) is 23.2 Å². The van der Waals surface area contributed by atoms with Crippen LogP contribution in [0.1, 0.15) is 53.0 Å². The van der Waals surface area contributed by atoms with E-state index in [4.69, 9.17) is 9.47 Å². The minimum Gasteiger partial charge on any atom is -0.479 e. The molecule has 2 N–H and O–H groups in total. The number of carbonyl (C=O) groups is 5. The fourth-order valence-electron chi connectivity index (χ4n) is 4.74. The molecule has 0 saturated carbocycles. The molecule has 2 aromatic rings. The van der Waals surface area contributed by atoms with E-state index in [1.54, 1.807) is 38.1 Å². The third-order valence-electron chi connectivity index (χ3n) is 7.27. The topological polar surface area (TPSA) is 131 Å². The van der Waals surface area contributed by atoms with Crippen molar-refractivity contribution in [3.63, 3.8) is 0 Å². The molecule has 1 aliphatic rings. The van der Waals surface area contributed by atoms with Gasteiger partial charge in [-0.3, -0.25) is 24.0 Å². The highest BCUT2D eigenvalue weighted by Crippen LogP contribution is 2.29. The van der Waals surface area contributed by atoms with Crippen LogP contribution >= 0.6 is 0 Å². The van der Waals surface area contributed by atoms with Crippen molar-refractivity contribution in [2.24, 2.45) is 11.8 Å². The second-order valence-electron chi connectivity index (χ2n) is 12.8. The Hall–Kier alpha value is -4.75. The molecule has 0 bridgehead atoms. The smallest absolute Gasteiger partial charge is 0.313 e. The summed E-state index contributed by atoms with van der Waals surface area (Å²) in [5.41, 5.74) is 0.924. The number of para-hydroxylation sites is 1. The summed E-state index contributed by atoms with van der Waals surface area (Å²) in [5, 5.41) is 5.04. The number of allylic oxidation sites excluding steroid dienone is 1. The Kier molecular flexibility index (Phi) is 12.9. The van der Waals surface area contributed by atoms with E-state index in [1.807, 2.05) is 32.9 Å². The Balaban J connectivity index is 1.75. The number of halogens is 4. The number of nitrogens with zero attached hydrogens (tertiary/aromatic N) is 1. The third-order valence-corrected chi connectivity index (χ3v) is 7.27. The number of anilines is 1. The summed E-state index contributed by atoms with van der Waals surface area (Å²) < 4.78 is 65.3. The summed E-state index contributed by atoms with van der Waals surface area (Å²) in [6.45, 7) is 7.99. The van der Waals surface area contributed by atoms with Crippen LogP contribution in [0.3, 0.4) is 0 Å². The van der Waals surface area contributed by atoms with Gasteiger partial charge in [0.05, 0.1) is 18.9 Å². The Morgan fingerprint density at radius 1 is 0.979 bits per heavy atom. The lowest BCUT2D eigenvalue weighted by atomic mass is 9.86. The largest absolute Gasteiger partial charge is 0.479 e. The van der Waals surface area contributed by atoms with Crippen LogP contribution in [0.5, 0.6) is 5.75 Å². The minimum atomic E-state index is -1.88. The van der Waals surface area contributed by atoms with Crippen LogP contribution in [0.2, 0.25) is 0 Å². The molecule has 0 aromatic heterocycles. The molecule has 14 heteroatoms.